The normalized spacial score (nSPS) is 11.8. The molecule has 0 atom stereocenters. The zero-order valence-corrected chi connectivity index (χ0v) is 20.3. The van der Waals surface area contributed by atoms with Gasteiger partial charge in [-0.1, -0.05) is 18.2 Å². The Morgan fingerprint density at radius 3 is 2.54 bits per heavy atom. The van der Waals surface area contributed by atoms with E-state index in [4.69, 9.17) is 14.6 Å². The Bertz CT molecular complexity index is 1980. The molecule has 0 unspecified atom stereocenters. The van der Waals surface area contributed by atoms with Crippen molar-refractivity contribution in [1.29, 1.82) is 0 Å². The second-order valence-electron chi connectivity index (χ2n) is 9.40. The highest BCUT2D eigenvalue weighted by atomic mass is 16.3. The third-order valence-electron chi connectivity index (χ3n) is 7.16. The van der Waals surface area contributed by atoms with Crippen molar-refractivity contribution in [3.63, 3.8) is 0 Å². The van der Waals surface area contributed by atoms with Gasteiger partial charge in [-0.25, -0.2) is 9.97 Å². The minimum Gasteiger partial charge on any atom is -0.455 e. The third kappa shape index (κ3) is 3.24. The number of aromatic nitrogens is 2. The number of nitrogens with zero attached hydrogens (tertiary/aromatic N) is 2. The molecule has 0 fully saturated rings. The van der Waals surface area contributed by atoms with Crippen LogP contribution >= 0.6 is 0 Å². The summed E-state index contributed by atoms with van der Waals surface area (Å²) in [5, 5.41) is 7.01. The summed E-state index contributed by atoms with van der Waals surface area (Å²) in [6.45, 7) is 4.26. The van der Waals surface area contributed by atoms with E-state index in [1.54, 1.807) is 0 Å². The predicted octanol–water partition coefficient (Wildman–Crippen LogP) is 6.51. The number of nitrogen functional groups attached to an aromatic ring is 1. The van der Waals surface area contributed by atoms with Crippen molar-refractivity contribution in [3.8, 4) is 11.1 Å². The molecule has 0 aliphatic heterocycles. The highest BCUT2D eigenvalue weighted by molar-refractivity contribution is 6.26. The Labute approximate surface area is 211 Å². The van der Waals surface area contributed by atoms with E-state index in [1.165, 1.54) is 6.39 Å². The lowest BCUT2D eigenvalue weighted by Gasteiger charge is -2.11. The van der Waals surface area contributed by atoms with Crippen molar-refractivity contribution in [2.45, 2.75) is 20.4 Å². The number of benzene rings is 4. The molecule has 7 aromatic rings. The first kappa shape index (κ1) is 21.4. The van der Waals surface area contributed by atoms with E-state index in [2.05, 4.69) is 33.5 Å². The van der Waals surface area contributed by atoms with Gasteiger partial charge in [0.05, 0.1) is 0 Å². The molecule has 1 amide bonds. The van der Waals surface area contributed by atoms with Crippen LogP contribution < -0.4 is 11.1 Å². The minimum absolute atomic E-state index is 0.150. The largest absolute Gasteiger partial charge is 0.455 e. The van der Waals surface area contributed by atoms with Gasteiger partial charge < -0.3 is 19.9 Å². The number of nitrogens with two attached hydrogens (primary N) is 1. The number of carbonyl (C=O) groups is 1. The van der Waals surface area contributed by atoms with Crippen LogP contribution in [0.1, 0.15) is 27.2 Å². The summed E-state index contributed by atoms with van der Waals surface area (Å²) in [4.78, 5) is 21.7. The number of pyridine rings is 1. The van der Waals surface area contributed by atoms with Gasteiger partial charge in [0, 0.05) is 44.9 Å². The van der Waals surface area contributed by atoms with Crippen LogP contribution in [0.3, 0.4) is 0 Å². The summed E-state index contributed by atoms with van der Waals surface area (Å²) in [6, 6.07) is 19.7. The molecule has 7 nitrogen and oxygen atoms in total. The smallest absolute Gasteiger partial charge is 0.251 e. The monoisotopic (exact) mass is 486 g/mol. The zero-order chi connectivity index (χ0) is 25.3. The first-order valence-corrected chi connectivity index (χ1v) is 12.0. The summed E-state index contributed by atoms with van der Waals surface area (Å²) in [5.74, 6) is 0.332. The average molecular weight is 487 g/mol. The number of furan rings is 2. The van der Waals surface area contributed by atoms with Crippen molar-refractivity contribution in [2.24, 2.45) is 0 Å². The van der Waals surface area contributed by atoms with Gasteiger partial charge in [0.2, 0.25) is 0 Å². The van der Waals surface area contributed by atoms with Crippen LogP contribution in [0.5, 0.6) is 0 Å². The lowest BCUT2D eigenvalue weighted by molar-refractivity contribution is 0.0951. The lowest BCUT2D eigenvalue weighted by atomic mass is 9.97. The number of rotatable bonds is 4. The molecule has 4 aromatic heterocycles. The van der Waals surface area contributed by atoms with Gasteiger partial charge in [-0.05, 0) is 73.0 Å². The molecular weight excluding hydrogens is 464 g/mol. The Kier molecular flexibility index (Phi) is 4.50. The van der Waals surface area contributed by atoms with E-state index >= 15 is 0 Å². The van der Waals surface area contributed by atoms with Crippen LogP contribution in [0, 0.1) is 13.8 Å². The number of para-hydroxylation sites is 1. The van der Waals surface area contributed by atoms with Crippen molar-refractivity contribution in [1.82, 2.24) is 15.3 Å². The van der Waals surface area contributed by atoms with E-state index in [9.17, 15) is 4.79 Å². The van der Waals surface area contributed by atoms with Crippen molar-refractivity contribution >= 4 is 55.5 Å². The fourth-order valence-electron chi connectivity index (χ4n) is 5.33. The van der Waals surface area contributed by atoms with Gasteiger partial charge in [-0.15, -0.1) is 0 Å². The summed E-state index contributed by atoms with van der Waals surface area (Å²) < 4.78 is 11.7. The lowest BCUT2D eigenvalue weighted by Crippen LogP contribution is -2.24. The zero-order valence-electron chi connectivity index (χ0n) is 20.3. The van der Waals surface area contributed by atoms with E-state index in [0.717, 1.165) is 71.8 Å². The van der Waals surface area contributed by atoms with Crippen LogP contribution in [0.25, 0.3) is 54.9 Å². The molecule has 0 radical (unpaired) electrons. The van der Waals surface area contributed by atoms with Gasteiger partial charge in [0.25, 0.3) is 5.91 Å². The molecule has 0 saturated heterocycles. The molecule has 7 heteroatoms. The van der Waals surface area contributed by atoms with E-state index < -0.39 is 0 Å². The Morgan fingerprint density at radius 2 is 1.73 bits per heavy atom. The van der Waals surface area contributed by atoms with Crippen LogP contribution in [-0.2, 0) is 6.54 Å². The first-order valence-electron chi connectivity index (χ1n) is 12.0. The van der Waals surface area contributed by atoms with Crippen molar-refractivity contribution in [2.75, 3.05) is 5.73 Å². The second kappa shape index (κ2) is 7.80. The Morgan fingerprint density at radius 1 is 0.946 bits per heavy atom. The number of hydrogen-bond acceptors (Lipinski definition) is 6. The maximum Gasteiger partial charge on any atom is 0.251 e. The molecule has 0 aliphatic rings. The summed E-state index contributed by atoms with van der Waals surface area (Å²) in [5.41, 5.74) is 14.5. The van der Waals surface area contributed by atoms with E-state index in [0.29, 0.717) is 17.9 Å². The second-order valence-corrected chi connectivity index (χ2v) is 9.40. The molecule has 7 rings (SSSR count). The molecule has 0 spiro atoms. The van der Waals surface area contributed by atoms with Gasteiger partial charge >= 0.3 is 0 Å². The highest BCUT2D eigenvalue weighted by Crippen LogP contribution is 2.42. The van der Waals surface area contributed by atoms with Crippen LogP contribution in [0.4, 0.5) is 5.82 Å². The average Bonchev–Trinajstić information content (AvgIpc) is 3.61. The molecule has 3 N–H and O–H groups in total. The number of oxazole rings is 1. The third-order valence-corrected chi connectivity index (χ3v) is 7.16. The molecule has 37 heavy (non-hydrogen) atoms. The summed E-state index contributed by atoms with van der Waals surface area (Å²) in [6.07, 6.45) is 1.47. The number of carbonyl (C=O) groups excluding carboxylic acids is 1. The molecule has 0 saturated carbocycles. The number of hydrogen-bond donors (Lipinski definition) is 2. The molecule has 4 heterocycles. The van der Waals surface area contributed by atoms with Crippen LogP contribution in [-0.4, -0.2) is 15.9 Å². The number of amides is 1. The molecule has 180 valence electrons. The first-order chi connectivity index (χ1) is 18.0. The summed E-state index contributed by atoms with van der Waals surface area (Å²) in [7, 11) is 0. The topological polar surface area (TPSA) is 107 Å². The maximum atomic E-state index is 13.0. The number of nitrogens with one attached hydrogen (secondary N) is 1. The van der Waals surface area contributed by atoms with Gasteiger partial charge in [0.15, 0.2) is 12.0 Å². The Balaban J connectivity index is 1.24. The molecule has 2 bridgehead atoms. The van der Waals surface area contributed by atoms with Gasteiger partial charge in [-0.3, -0.25) is 4.79 Å². The maximum absolute atomic E-state index is 13.0. The standard InChI is InChI=1S/C30H22N4O3/c1-15-10-26(31)34-16(2)24(15)13-32-30(35)18-7-9-21-23(12-18)29-20-8-6-17(11-22(20)28(21)37-29)19-4-3-5-25-27(19)33-14-36-25/h3-12,14H,13H2,1-2H3,(H2,31,34)(H,32,35). The molecular formula is C30H22N4O3. The fraction of sp³-hybridized carbons (Fsp3) is 0.100. The molecule has 3 aromatic carbocycles. The highest BCUT2D eigenvalue weighted by Gasteiger charge is 2.20. The number of anilines is 1. The number of aryl methyl sites for hydroxylation is 2. The van der Waals surface area contributed by atoms with Crippen LogP contribution in [0.15, 0.2) is 75.9 Å². The Hall–Kier alpha value is -4.91. The SMILES string of the molecule is Cc1cc(N)nc(C)c1CNC(=O)c1ccc2c(c1)c1oc2c2cc(-c3cccc4ocnc34)ccc21. The van der Waals surface area contributed by atoms with Crippen molar-refractivity contribution in [3.05, 3.63) is 89.4 Å². The van der Waals surface area contributed by atoms with Gasteiger partial charge in [-0.2, -0.15) is 0 Å². The minimum atomic E-state index is -0.150. The summed E-state index contributed by atoms with van der Waals surface area (Å²) >= 11 is 0. The number of fused-ring (bicyclic) bond motifs is 9. The van der Waals surface area contributed by atoms with Gasteiger partial charge in [0.1, 0.15) is 22.5 Å². The van der Waals surface area contributed by atoms with E-state index in [-0.39, 0.29) is 5.91 Å². The van der Waals surface area contributed by atoms with Crippen molar-refractivity contribution < 1.29 is 13.6 Å². The fourth-order valence-corrected chi connectivity index (χ4v) is 5.33. The van der Waals surface area contributed by atoms with E-state index in [1.807, 2.05) is 56.3 Å². The predicted molar refractivity (Wildman–Crippen MR) is 145 cm³/mol. The quantitative estimate of drug-likeness (QED) is 0.275. The van der Waals surface area contributed by atoms with Crippen LogP contribution in [0.2, 0.25) is 0 Å². The molecule has 0 aliphatic carbocycles.